The van der Waals surface area contributed by atoms with Gasteiger partial charge in [0.25, 0.3) is 0 Å². The number of nitrogens with zero attached hydrogens (tertiary/aromatic N) is 3. The molecule has 0 aliphatic carbocycles. The normalized spacial score (nSPS) is 14.1. The van der Waals surface area contributed by atoms with Crippen molar-refractivity contribution in [1.82, 2.24) is 19.8 Å². The van der Waals surface area contributed by atoms with E-state index < -0.39 is 14.0 Å². The van der Waals surface area contributed by atoms with E-state index in [2.05, 4.69) is 46.1 Å². The first-order chi connectivity index (χ1) is 13.4. The molecule has 0 bridgehead atoms. The highest BCUT2D eigenvalue weighted by Crippen LogP contribution is 2.18. The molecule has 1 atom stereocenters. The smallest absolute Gasteiger partial charge is 0.338 e. The molecular weight excluding hydrogens is 383 g/mol. The Morgan fingerprint density at radius 3 is 2.75 bits per heavy atom. The number of aryl methyl sites for hydroxylation is 1. The van der Waals surface area contributed by atoms with Crippen molar-refractivity contribution in [3.05, 3.63) is 42.0 Å². The van der Waals surface area contributed by atoms with E-state index in [1.54, 1.807) is 18.2 Å². The van der Waals surface area contributed by atoms with Crippen molar-refractivity contribution in [3.63, 3.8) is 0 Å². The number of nitrogens with one attached hydrogen (secondary N) is 1. The van der Waals surface area contributed by atoms with Gasteiger partial charge in [-0.05, 0) is 25.1 Å². The number of carbonyl (C=O) groups excluding carboxylic acids is 1. The third kappa shape index (κ3) is 6.67. The number of aliphatic hydroxyl groups excluding tert-OH is 1. The molecule has 0 saturated carbocycles. The van der Waals surface area contributed by atoms with Crippen LogP contribution in [0.3, 0.4) is 0 Å². The average Bonchev–Trinajstić information content (AvgIpc) is 3.29. The summed E-state index contributed by atoms with van der Waals surface area (Å²) in [5.41, 5.74) is 1.69. The van der Waals surface area contributed by atoms with Crippen molar-refractivity contribution < 1.29 is 24.1 Å². The van der Waals surface area contributed by atoms with Gasteiger partial charge < -0.3 is 29.5 Å². The first kappa shape index (κ1) is 21.9. The monoisotopic (exact) mass is 410 g/mol. The minimum absolute atomic E-state index is 0.0481. The van der Waals surface area contributed by atoms with Crippen molar-refractivity contribution in [2.75, 3.05) is 39.6 Å². The number of esters is 1. The molecule has 3 rings (SSSR count). The van der Waals surface area contributed by atoms with Gasteiger partial charge in [0.05, 0.1) is 29.9 Å². The van der Waals surface area contributed by atoms with E-state index in [0.29, 0.717) is 23.3 Å². The highest BCUT2D eigenvalue weighted by molar-refractivity contribution is 7.37. The highest BCUT2D eigenvalue weighted by Gasteiger charge is 2.10. The van der Waals surface area contributed by atoms with Crippen molar-refractivity contribution in [2.45, 2.75) is 13.3 Å². The molecular formula is C18H27N4O5P. The number of hydrogen-bond donors (Lipinski definition) is 3. The van der Waals surface area contributed by atoms with Gasteiger partial charge in [0.1, 0.15) is 12.4 Å². The number of benzene rings is 1. The fraction of sp³-hybridized carbons (Fsp3) is 0.444. The maximum atomic E-state index is 11.6. The SMILES string of the molecule is CCN1C=CN(C)C1.O=C(OCCO)c1ccc2[nH]c(CC[PH](=O)O)nc2c1. The number of aromatic nitrogens is 2. The van der Waals surface area contributed by atoms with Crippen LogP contribution in [-0.4, -0.2) is 75.4 Å². The minimum Gasteiger partial charge on any atom is -0.460 e. The maximum Gasteiger partial charge on any atom is 0.338 e. The highest BCUT2D eigenvalue weighted by atomic mass is 31.1. The maximum absolute atomic E-state index is 11.6. The zero-order valence-corrected chi connectivity index (χ0v) is 17.1. The molecule has 0 saturated heterocycles. The number of fused-ring (bicyclic) bond motifs is 1. The molecule has 1 aliphatic rings. The number of hydrogen-bond acceptors (Lipinski definition) is 7. The number of ether oxygens (including phenoxy) is 1. The molecule has 0 amide bonds. The van der Waals surface area contributed by atoms with Gasteiger partial charge in [-0.15, -0.1) is 0 Å². The van der Waals surface area contributed by atoms with E-state index in [1.165, 1.54) is 0 Å². The molecule has 0 spiro atoms. The lowest BCUT2D eigenvalue weighted by atomic mass is 10.2. The zero-order valence-electron chi connectivity index (χ0n) is 16.1. The summed E-state index contributed by atoms with van der Waals surface area (Å²) in [4.78, 5) is 32.1. The first-order valence-corrected chi connectivity index (χ1v) is 10.6. The molecule has 2 aromatic rings. The Labute approximate surface area is 164 Å². The van der Waals surface area contributed by atoms with Crippen LogP contribution in [0.2, 0.25) is 0 Å². The largest absolute Gasteiger partial charge is 0.460 e. The lowest BCUT2D eigenvalue weighted by Crippen LogP contribution is -2.21. The summed E-state index contributed by atoms with van der Waals surface area (Å²) >= 11 is 0. The van der Waals surface area contributed by atoms with Crippen LogP contribution in [0.15, 0.2) is 30.6 Å². The van der Waals surface area contributed by atoms with Gasteiger partial charge in [0.15, 0.2) is 8.03 Å². The Morgan fingerprint density at radius 1 is 1.39 bits per heavy atom. The Hall–Kier alpha value is -2.35. The predicted molar refractivity (Wildman–Crippen MR) is 107 cm³/mol. The molecule has 0 fully saturated rings. The van der Waals surface area contributed by atoms with Crippen LogP contribution in [0.4, 0.5) is 0 Å². The molecule has 9 nitrogen and oxygen atoms in total. The van der Waals surface area contributed by atoms with E-state index >= 15 is 0 Å². The number of rotatable bonds is 7. The van der Waals surface area contributed by atoms with Gasteiger partial charge in [0.2, 0.25) is 0 Å². The van der Waals surface area contributed by atoms with Gasteiger partial charge >= 0.3 is 5.97 Å². The van der Waals surface area contributed by atoms with Gasteiger partial charge in [-0.25, -0.2) is 9.78 Å². The molecule has 2 heterocycles. The molecule has 0 radical (unpaired) electrons. The fourth-order valence-electron chi connectivity index (χ4n) is 2.55. The fourth-order valence-corrected chi connectivity index (χ4v) is 3.00. The molecule has 1 aromatic heterocycles. The molecule has 154 valence electrons. The van der Waals surface area contributed by atoms with Crippen LogP contribution >= 0.6 is 8.03 Å². The summed E-state index contributed by atoms with van der Waals surface area (Å²) in [6.45, 7) is 4.05. The van der Waals surface area contributed by atoms with Crippen LogP contribution in [-0.2, 0) is 15.7 Å². The van der Waals surface area contributed by atoms with Crippen molar-refractivity contribution >= 4 is 25.0 Å². The number of carbonyl (C=O) groups is 1. The predicted octanol–water partition coefficient (Wildman–Crippen LogP) is 1.40. The third-order valence-corrected chi connectivity index (χ3v) is 4.69. The van der Waals surface area contributed by atoms with E-state index in [-0.39, 0.29) is 19.4 Å². The number of H-pyrrole nitrogens is 1. The van der Waals surface area contributed by atoms with Crippen LogP contribution in [0.25, 0.3) is 11.0 Å². The second-order valence-corrected chi connectivity index (χ2v) is 7.56. The second kappa shape index (κ2) is 10.8. The van der Waals surface area contributed by atoms with Crippen molar-refractivity contribution in [1.29, 1.82) is 0 Å². The quantitative estimate of drug-likeness (QED) is 0.463. The van der Waals surface area contributed by atoms with Crippen LogP contribution in [0.5, 0.6) is 0 Å². The van der Waals surface area contributed by atoms with E-state index in [0.717, 1.165) is 18.7 Å². The Kier molecular flexibility index (Phi) is 8.50. The van der Waals surface area contributed by atoms with Crippen LogP contribution in [0.1, 0.15) is 23.1 Å². The van der Waals surface area contributed by atoms with Gasteiger partial charge in [-0.3, -0.25) is 4.57 Å². The first-order valence-electron chi connectivity index (χ1n) is 9.04. The second-order valence-electron chi connectivity index (χ2n) is 6.27. The standard InChI is InChI=1S/C12H15N2O5P.C6H12N2/c15-4-5-19-12(16)8-1-2-9-10(7-8)14-11(13-9)3-6-20(17)18;1-3-8-5-4-7(2)6-8/h1-2,7,15,20H,3-6H2,(H,13,14)(H,17,18);4-5H,3,6H2,1-2H3. The number of aromatic amines is 1. The van der Waals surface area contributed by atoms with Gasteiger partial charge in [-0.2, -0.15) is 0 Å². The van der Waals surface area contributed by atoms with Crippen molar-refractivity contribution in [3.8, 4) is 0 Å². The van der Waals surface area contributed by atoms with E-state index in [9.17, 15) is 9.36 Å². The molecule has 1 unspecified atom stereocenters. The Balaban J connectivity index is 0.000000292. The average molecular weight is 410 g/mol. The number of aliphatic hydroxyl groups is 1. The van der Waals surface area contributed by atoms with E-state index in [1.807, 2.05) is 0 Å². The molecule has 3 N–H and O–H groups in total. The van der Waals surface area contributed by atoms with Crippen LogP contribution < -0.4 is 0 Å². The summed E-state index contributed by atoms with van der Waals surface area (Å²) < 4.78 is 15.5. The Bertz CT molecular complexity index is 838. The lowest BCUT2D eigenvalue weighted by Gasteiger charge is -2.14. The minimum atomic E-state index is -2.51. The lowest BCUT2D eigenvalue weighted by molar-refractivity contribution is 0.0434. The Morgan fingerprint density at radius 2 is 2.18 bits per heavy atom. The third-order valence-electron chi connectivity index (χ3n) is 4.01. The molecule has 28 heavy (non-hydrogen) atoms. The van der Waals surface area contributed by atoms with Crippen molar-refractivity contribution in [2.24, 2.45) is 0 Å². The summed E-state index contributed by atoms with van der Waals surface area (Å²) in [5.74, 6) is 0.0826. The summed E-state index contributed by atoms with van der Waals surface area (Å²) in [6.07, 6.45) is 4.76. The summed E-state index contributed by atoms with van der Waals surface area (Å²) in [7, 11) is -0.433. The van der Waals surface area contributed by atoms with Gasteiger partial charge in [0, 0.05) is 38.6 Å². The molecule has 10 heteroatoms. The zero-order chi connectivity index (χ0) is 20.5. The molecule has 1 aromatic carbocycles. The summed E-state index contributed by atoms with van der Waals surface area (Å²) in [6, 6.07) is 4.87. The topological polar surface area (TPSA) is 119 Å². The van der Waals surface area contributed by atoms with E-state index in [4.69, 9.17) is 14.7 Å². The number of imidazole rings is 1. The summed E-state index contributed by atoms with van der Waals surface area (Å²) in [5, 5.41) is 8.60. The molecule has 1 aliphatic heterocycles. The van der Waals surface area contributed by atoms with Crippen LogP contribution in [0, 0.1) is 0 Å². The van der Waals surface area contributed by atoms with Gasteiger partial charge in [-0.1, -0.05) is 0 Å².